The van der Waals surface area contributed by atoms with E-state index in [1.54, 1.807) is 0 Å². The Bertz CT molecular complexity index is 858. The molecule has 44 heavy (non-hydrogen) atoms. The highest BCUT2D eigenvalue weighted by molar-refractivity contribution is 5.64. The van der Waals surface area contributed by atoms with Crippen molar-refractivity contribution >= 4 is 0 Å². The molecule has 0 saturated carbocycles. The van der Waals surface area contributed by atoms with Crippen LogP contribution in [-0.2, 0) is 22.7 Å². The summed E-state index contributed by atoms with van der Waals surface area (Å²) in [6.07, 6.45) is 17.9. The molecule has 0 unspecified atom stereocenters. The molecule has 0 saturated heterocycles. The topological polar surface area (TPSA) is 24.9 Å². The zero-order valence-electron chi connectivity index (χ0n) is 29.3. The van der Waals surface area contributed by atoms with E-state index in [1.165, 1.54) is 139 Å². The van der Waals surface area contributed by atoms with Gasteiger partial charge in [-0.15, -0.1) is 0 Å². The lowest BCUT2D eigenvalue weighted by Crippen LogP contribution is -2.27. The average Bonchev–Trinajstić information content (AvgIpc) is 3.05. The number of unbranched alkanes of at least 4 members (excludes halogenated alkanes) is 8. The van der Waals surface area contributed by atoms with Gasteiger partial charge in [-0.1, -0.05) is 103 Å². The molecule has 2 rings (SSSR count). The zero-order chi connectivity index (χ0) is 31.5. The first-order chi connectivity index (χ1) is 21.7. The van der Waals surface area contributed by atoms with Gasteiger partial charge in [0.05, 0.1) is 13.2 Å². The predicted octanol–water partition coefficient (Wildman–Crippen LogP) is 10.5. The van der Waals surface area contributed by atoms with Gasteiger partial charge >= 0.3 is 0 Å². The smallest absolute Gasteiger partial charge is 0.0717 e. The maximum Gasteiger partial charge on any atom is 0.0717 e. The Labute approximate surface area is 272 Å². The first kappa shape index (κ1) is 38.5. The van der Waals surface area contributed by atoms with Gasteiger partial charge in [0, 0.05) is 13.2 Å². The summed E-state index contributed by atoms with van der Waals surface area (Å²) in [6, 6.07) is 17.7. The van der Waals surface area contributed by atoms with Crippen LogP contribution in [0.5, 0.6) is 0 Å². The third-order valence-electron chi connectivity index (χ3n) is 8.56. The van der Waals surface area contributed by atoms with Gasteiger partial charge < -0.3 is 19.3 Å². The fourth-order valence-corrected chi connectivity index (χ4v) is 5.75. The monoisotopic (exact) mass is 609 g/mol. The molecule has 0 aromatic heterocycles. The Morgan fingerprint density at radius 2 is 0.795 bits per heavy atom. The van der Waals surface area contributed by atoms with E-state index in [9.17, 15) is 0 Å². The van der Waals surface area contributed by atoms with Gasteiger partial charge in [-0.05, 0) is 125 Å². The fraction of sp³-hybridized carbons (Fsp3) is 0.700. The largest absolute Gasteiger partial charge is 0.377 e. The van der Waals surface area contributed by atoms with Crippen molar-refractivity contribution < 1.29 is 9.47 Å². The third kappa shape index (κ3) is 18.3. The third-order valence-corrected chi connectivity index (χ3v) is 8.56. The Hall–Kier alpha value is -1.72. The van der Waals surface area contributed by atoms with E-state index >= 15 is 0 Å². The van der Waals surface area contributed by atoms with Crippen LogP contribution < -0.4 is 0 Å². The van der Waals surface area contributed by atoms with Gasteiger partial charge in [-0.25, -0.2) is 0 Å². The van der Waals surface area contributed by atoms with Gasteiger partial charge in [0.1, 0.15) is 0 Å². The van der Waals surface area contributed by atoms with E-state index in [2.05, 4.69) is 86.0 Å². The molecular weight excluding hydrogens is 540 g/mol. The van der Waals surface area contributed by atoms with Crippen molar-refractivity contribution in [1.82, 2.24) is 9.80 Å². The van der Waals surface area contributed by atoms with Crippen LogP contribution in [0.2, 0.25) is 0 Å². The standard InChI is InChI=1S/C40H68N2O2/c1-5-9-13-27-41(25-11-7-3)29-15-17-31-43-35-37-21-19-23-39(33-37)40-24-20-22-38(34-40)36-44-32-18-16-30-42(26-12-8-4)28-14-10-6-2/h19-24,33-34H,5-18,25-32,35-36H2,1-4H3. The summed E-state index contributed by atoms with van der Waals surface area (Å²) in [5.74, 6) is 0. The van der Waals surface area contributed by atoms with Gasteiger partial charge in [0.2, 0.25) is 0 Å². The van der Waals surface area contributed by atoms with E-state index in [4.69, 9.17) is 9.47 Å². The molecule has 2 aromatic carbocycles. The number of hydrogen-bond donors (Lipinski definition) is 0. The van der Waals surface area contributed by atoms with Crippen molar-refractivity contribution in [3.05, 3.63) is 59.7 Å². The molecule has 2 aromatic rings. The lowest BCUT2D eigenvalue weighted by Gasteiger charge is -2.22. The second-order valence-electron chi connectivity index (χ2n) is 12.7. The quantitative estimate of drug-likeness (QED) is 0.0858. The number of hydrogen-bond acceptors (Lipinski definition) is 4. The van der Waals surface area contributed by atoms with Crippen molar-refractivity contribution in [1.29, 1.82) is 0 Å². The van der Waals surface area contributed by atoms with E-state index in [0.717, 1.165) is 26.1 Å². The molecule has 0 fully saturated rings. The highest BCUT2D eigenvalue weighted by Crippen LogP contribution is 2.22. The molecular formula is C40H68N2O2. The van der Waals surface area contributed by atoms with E-state index in [1.807, 2.05) is 0 Å². The molecule has 0 radical (unpaired) electrons. The minimum absolute atomic E-state index is 0.682. The first-order valence-electron chi connectivity index (χ1n) is 18.5. The highest BCUT2D eigenvalue weighted by Gasteiger charge is 2.06. The second-order valence-corrected chi connectivity index (χ2v) is 12.7. The average molecular weight is 609 g/mol. The van der Waals surface area contributed by atoms with Crippen molar-refractivity contribution in [2.75, 3.05) is 52.5 Å². The van der Waals surface area contributed by atoms with Crippen LogP contribution in [0.4, 0.5) is 0 Å². The molecule has 0 spiro atoms. The number of benzene rings is 2. The summed E-state index contributed by atoms with van der Waals surface area (Å²) in [4.78, 5) is 5.33. The van der Waals surface area contributed by atoms with Crippen LogP contribution in [0.25, 0.3) is 11.1 Å². The minimum Gasteiger partial charge on any atom is -0.377 e. The van der Waals surface area contributed by atoms with Crippen LogP contribution >= 0.6 is 0 Å². The number of rotatable bonds is 29. The number of ether oxygens (including phenoxy) is 2. The van der Waals surface area contributed by atoms with Crippen molar-refractivity contribution in [2.45, 2.75) is 131 Å². The maximum absolute atomic E-state index is 6.10. The summed E-state index contributed by atoms with van der Waals surface area (Å²) in [7, 11) is 0. The minimum atomic E-state index is 0.682. The predicted molar refractivity (Wildman–Crippen MR) is 191 cm³/mol. The summed E-state index contributed by atoms with van der Waals surface area (Å²) in [5.41, 5.74) is 5.00. The zero-order valence-corrected chi connectivity index (χ0v) is 29.3. The van der Waals surface area contributed by atoms with Crippen LogP contribution in [0, 0.1) is 0 Å². The van der Waals surface area contributed by atoms with E-state index in [-0.39, 0.29) is 0 Å². The van der Waals surface area contributed by atoms with Crippen LogP contribution in [0.3, 0.4) is 0 Å². The molecule has 0 bridgehead atoms. The fourth-order valence-electron chi connectivity index (χ4n) is 5.75. The summed E-state index contributed by atoms with van der Waals surface area (Å²) < 4.78 is 12.2. The van der Waals surface area contributed by atoms with Crippen LogP contribution in [0.1, 0.15) is 129 Å². The van der Waals surface area contributed by atoms with Gasteiger partial charge in [-0.3, -0.25) is 0 Å². The molecule has 4 heteroatoms. The van der Waals surface area contributed by atoms with Crippen molar-refractivity contribution in [3.8, 4) is 11.1 Å². The van der Waals surface area contributed by atoms with E-state index in [0.29, 0.717) is 13.2 Å². The molecule has 4 nitrogen and oxygen atoms in total. The molecule has 0 aliphatic carbocycles. The van der Waals surface area contributed by atoms with Crippen molar-refractivity contribution in [2.24, 2.45) is 0 Å². The molecule has 0 aliphatic heterocycles. The first-order valence-corrected chi connectivity index (χ1v) is 18.5. The molecule has 0 atom stereocenters. The Kier molecular flexibility index (Phi) is 23.2. The van der Waals surface area contributed by atoms with Crippen LogP contribution in [-0.4, -0.2) is 62.3 Å². The SMILES string of the molecule is CCCCCN(CCCC)CCCCOCc1cccc(-c2cccc(COCCCCN(CCCC)CCCCC)c2)c1. The van der Waals surface area contributed by atoms with Gasteiger partial charge in [0.25, 0.3) is 0 Å². The van der Waals surface area contributed by atoms with Crippen molar-refractivity contribution in [3.63, 3.8) is 0 Å². The van der Waals surface area contributed by atoms with Gasteiger partial charge in [-0.2, -0.15) is 0 Å². The Morgan fingerprint density at radius 1 is 0.432 bits per heavy atom. The Balaban J connectivity index is 1.69. The maximum atomic E-state index is 6.10. The molecule has 250 valence electrons. The summed E-state index contributed by atoms with van der Waals surface area (Å²) >= 11 is 0. The van der Waals surface area contributed by atoms with Crippen LogP contribution in [0.15, 0.2) is 48.5 Å². The Morgan fingerprint density at radius 3 is 1.18 bits per heavy atom. The molecule has 0 aliphatic rings. The molecule has 0 amide bonds. The normalized spacial score (nSPS) is 11.7. The molecule has 0 heterocycles. The number of nitrogens with zero attached hydrogens (tertiary/aromatic N) is 2. The van der Waals surface area contributed by atoms with Gasteiger partial charge in [0.15, 0.2) is 0 Å². The highest BCUT2D eigenvalue weighted by atomic mass is 16.5. The van der Waals surface area contributed by atoms with E-state index < -0.39 is 0 Å². The second kappa shape index (κ2) is 26.5. The summed E-state index contributed by atoms with van der Waals surface area (Å²) in [6.45, 7) is 19.6. The lowest BCUT2D eigenvalue weighted by molar-refractivity contribution is 0.114. The lowest BCUT2D eigenvalue weighted by atomic mass is 10.0. The summed E-state index contributed by atoms with van der Waals surface area (Å²) in [5, 5.41) is 0. The molecule has 0 N–H and O–H groups in total.